The molecule has 2 heterocycles. The number of aryl methyl sites for hydroxylation is 2. The molecule has 0 radical (unpaired) electrons. The van der Waals surface area contributed by atoms with Crippen LogP contribution in [0, 0.1) is 19.7 Å². The first kappa shape index (κ1) is 14.0. The number of aromatic nitrogens is 3. The number of fused-ring (bicyclic) bond motifs is 1. The zero-order chi connectivity index (χ0) is 15.1. The van der Waals surface area contributed by atoms with Crippen molar-refractivity contribution >= 4 is 33.0 Å². The van der Waals surface area contributed by atoms with Crippen LogP contribution < -0.4 is 5.73 Å². The number of nitrogen functional groups attached to an aromatic ring is 1. The molecule has 0 aliphatic rings. The summed E-state index contributed by atoms with van der Waals surface area (Å²) in [5, 5.41) is 0. The lowest BCUT2D eigenvalue weighted by molar-refractivity contribution is 0.607. The molecule has 0 spiro atoms. The topological polar surface area (TPSA) is 56.7 Å². The molecule has 0 amide bonds. The van der Waals surface area contributed by atoms with Crippen molar-refractivity contribution in [3.63, 3.8) is 0 Å². The summed E-state index contributed by atoms with van der Waals surface area (Å²) >= 11 is 3.37. The fourth-order valence-corrected chi connectivity index (χ4v) is 2.79. The molecule has 0 saturated carbocycles. The van der Waals surface area contributed by atoms with Crippen LogP contribution in [0.5, 0.6) is 0 Å². The highest BCUT2D eigenvalue weighted by molar-refractivity contribution is 9.10. The van der Waals surface area contributed by atoms with Gasteiger partial charge in [0.2, 0.25) is 5.95 Å². The quantitative estimate of drug-likeness (QED) is 0.769. The third kappa shape index (κ3) is 2.51. The van der Waals surface area contributed by atoms with Crippen molar-refractivity contribution in [2.45, 2.75) is 20.4 Å². The number of halogens is 2. The van der Waals surface area contributed by atoms with Crippen LogP contribution >= 0.6 is 15.9 Å². The van der Waals surface area contributed by atoms with Crippen LogP contribution in [0.25, 0.3) is 11.2 Å². The molecule has 0 atom stereocenters. The largest absolute Gasteiger partial charge is 0.369 e. The molecular formula is C15H14BrFN4. The van der Waals surface area contributed by atoms with Crippen molar-refractivity contribution in [3.8, 4) is 0 Å². The molecule has 6 heteroatoms. The number of hydrogen-bond donors (Lipinski definition) is 1. The van der Waals surface area contributed by atoms with Gasteiger partial charge in [-0.1, -0.05) is 12.1 Å². The van der Waals surface area contributed by atoms with Gasteiger partial charge in [0.05, 0.1) is 6.54 Å². The van der Waals surface area contributed by atoms with Crippen molar-refractivity contribution < 1.29 is 4.39 Å². The van der Waals surface area contributed by atoms with E-state index in [1.165, 1.54) is 0 Å². The highest BCUT2D eigenvalue weighted by Gasteiger charge is 2.12. The molecule has 2 aromatic heterocycles. The zero-order valence-corrected chi connectivity index (χ0v) is 13.3. The third-order valence-electron chi connectivity index (χ3n) is 3.42. The molecule has 3 aromatic rings. The van der Waals surface area contributed by atoms with E-state index >= 15 is 0 Å². The molecule has 0 fully saturated rings. The Morgan fingerprint density at radius 1 is 1.24 bits per heavy atom. The van der Waals surface area contributed by atoms with Crippen LogP contribution in [0.2, 0.25) is 0 Å². The molecular weight excluding hydrogens is 335 g/mol. The standard InChI is InChI=1S/C15H14BrFN4/c1-8-3-10(4-9(2)13(8)17)7-21-14-12(20-15(21)18)5-11(16)6-19-14/h3-6H,7H2,1-2H3,(H2,18,20). The maximum absolute atomic E-state index is 13.7. The number of nitrogens with zero attached hydrogens (tertiary/aromatic N) is 3. The van der Waals surface area contributed by atoms with Crippen molar-refractivity contribution in [2.24, 2.45) is 0 Å². The summed E-state index contributed by atoms with van der Waals surface area (Å²) in [4.78, 5) is 8.67. The number of benzene rings is 1. The van der Waals surface area contributed by atoms with Crippen molar-refractivity contribution in [1.82, 2.24) is 14.5 Å². The lowest BCUT2D eigenvalue weighted by Gasteiger charge is -2.09. The normalized spacial score (nSPS) is 11.2. The van der Waals surface area contributed by atoms with E-state index in [1.807, 2.05) is 22.8 Å². The Hall–Kier alpha value is -1.95. The lowest BCUT2D eigenvalue weighted by Crippen LogP contribution is -2.06. The van der Waals surface area contributed by atoms with Gasteiger partial charge in [-0.15, -0.1) is 0 Å². The van der Waals surface area contributed by atoms with Crippen LogP contribution in [-0.2, 0) is 6.54 Å². The first-order valence-corrected chi connectivity index (χ1v) is 7.28. The van der Waals surface area contributed by atoms with Crippen LogP contribution in [0.15, 0.2) is 28.9 Å². The Kier molecular flexibility index (Phi) is 3.41. The van der Waals surface area contributed by atoms with E-state index in [4.69, 9.17) is 5.73 Å². The fourth-order valence-electron chi connectivity index (χ4n) is 2.47. The molecule has 1 aromatic carbocycles. The van der Waals surface area contributed by atoms with Gasteiger partial charge in [0.15, 0.2) is 5.65 Å². The van der Waals surface area contributed by atoms with Gasteiger partial charge in [-0.3, -0.25) is 4.57 Å². The SMILES string of the molecule is Cc1cc(Cn2c(N)nc3cc(Br)cnc32)cc(C)c1F. The maximum atomic E-state index is 13.7. The molecule has 0 bridgehead atoms. The van der Waals surface area contributed by atoms with Crippen LogP contribution in [-0.4, -0.2) is 14.5 Å². The predicted molar refractivity (Wildman–Crippen MR) is 84.6 cm³/mol. The van der Waals surface area contributed by atoms with Crippen LogP contribution in [0.4, 0.5) is 10.3 Å². The van der Waals surface area contributed by atoms with Gasteiger partial charge < -0.3 is 5.73 Å². The summed E-state index contributed by atoms with van der Waals surface area (Å²) in [6.07, 6.45) is 1.71. The summed E-state index contributed by atoms with van der Waals surface area (Å²) in [6, 6.07) is 5.52. The Labute approximate surface area is 129 Å². The highest BCUT2D eigenvalue weighted by atomic mass is 79.9. The number of rotatable bonds is 2. The molecule has 2 N–H and O–H groups in total. The van der Waals surface area contributed by atoms with Gasteiger partial charge in [-0.05, 0) is 52.5 Å². The van der Waals surface area contributed by atoms with Crippen molar-refractivity contribution in [1.29, 1.82) is 0 Å². The average molecular weight is 349 g/mol. The molecule has 0 aliphatic carbocycles. The van der Waals surface area contributed by atoms with Gasteiger partial charge in [0, 0.05) is 10.7 Å². The van der Waals surface area contributed by atoms with Gasteiger partial charge in [-0.2, -0.15) is 0 Å². The van der Waals surface area contributed by atoms with Crippen LogP contribution in [0.3, 0.4) is 0 Å². The Morgan fingerprint density at radius 3 is 2.57 bits per heavy atom. The van der Waals surface area contributed by atoms with E-state index in [0.717, 1.165) is 21.2 Å². The first-order valence-electron chi connectivity index (χ1n) is 6.48. The summed E-state index contributed by atoms with van der Waals surface area (Å²) in [6.45, 7) is 4.03. The second-order valence-corrected chi connectivity index (χ2v) is 6.01. The lowest BCUT2D eigenvalue weighted by atomic mass is 10.1. The number of nitrogens with two attached hydrogens (primary N) is 1. The molecule has 0 saturated heterocycles. The minimum Gasteiger partial charge on any atom is -0.369 e. The van der Waals surface area contributed by atoms with Crippen molar-refractivity contribution in [3.05, 3.63) is 51.4 Å². The van der Waals surface area contributed by atoms with Gasteiger partial charge in [0.25, 0.3) is 0 Å². The second kappa shape index (κ2) is 5.11. The monoisotopic (exact) mass is 348 g/mol. The molecule has 3 rings (SSSR count). The van der Waals surface area contributed by atoms with E-state index in [0.29, 0.717) is 23.6 Å². The third-order valence-corrected chi connectivity index (χ3v) is 3.85. The van der Waals surface area contributed by atoms with E-state index in [2.05, 4.69) is 25.9 Å². The second-order valence-electron chi connectivity index (χ2n) is 5.10. The van der Waals surface area contributed by atoms with Crippen LogP contribution in [0.1, 0.15) is 16.7 Å². The Balaban J connectivity index is 2.08. The number of pyridine rings is 1. The zero-order valence-electron chi connectivity index (χ0n) is 11.7. The van der Waals surface area contributed by atoms with E-state index in [-0.39, 0.29) is 5.82 Å². The van der Waals surface area contributed by atoms with E-state index < -0.39 is 0 Å². The molecule has 0 aliphatic heterocycles. The van der Waals surface area contributed by atoms with E-state index in [9.17, 15) is 4.39 Å². The Bertz CT molecular complexity index is 818. The predicted octanol–water partition coefficient (Wildman–Crippen LogP) is 3.58. The average Bonchev–Trinajstić information content (AvgIpc) is 2.71. The fraction of sp³-hybridized carbons (Fsp3) is 0.200. The van der Waals surface area contributed by atoms with Gasteiger partial charge in [-0.25, -0.2) is 14.4 Å². The summed E-state index contributed by atoms with van der Waals surface area (Å²) in [7, 11) is 0. The van der Waals surface area contributed by atoms with E-state index in [1.54, 1.807) is 20.0 Å². The number of anilines is 1. The number of imidazole rings is 1. The molecule has 21 heavy (non-hydrogen) atoms. The summed E-state index contributed by atoms with van der Waals surface area (Å²) in [5.41, 5.74) is 9.66. The molecule has 4 nitrogen and oxygen atoms in total. The molecule has 0 unspecified atom stereocenters. The molecule has 108 valence electrons. The smallest absolute Gasteiger partial charge is 0.202 e. The van der Waals surface area contributed by atoms with Crippen molar-refractivity contribution in [2.75, 3.05) is 5.73 Å². The van der Waals surface area contributed by atoms with Gasteiger partial charge in [0.1, 0.15) is 11.3 Å². The maximum Gasteiger partial charge on any atom is 0.202 e. The van der Waals surface area contributed by atoms with Gasteiger partial charge >= 0.3 is 0 Å². The first-order chi connectivity index (χ1) is 9.95. The summed E-state index contributed by atoms with van der Waals surface area (Å²) < 4.78 is 16.4. The highest BCUT2D eigenvalue weighted by Crippen LogP contribution is 2.22. The summed E-state index contributed by atoms with van der Waals surface area (Å²) in [5.74, 6) is 0.236. The minimum absolute atomic E-state index is 0.163. The minimum atomic E-state index is -0.163. The number of hydrogen-bond acceptors (Lipinski definition) is 3. The Morgan fingerprint density at radius 2 is 1.90 bits per heavy atom.